The van der Waals surface area contributed by atoms with Gasteiger partial charge < -0.3 is 18.6 Å². The maximum atomic E-state index is 7.17. The summed E-state index contributed by atoms with van der Waals surface area (Å²) in [7, 11) is 0. The Morgan fingerprint density at radius 1 is 0.307 bits per heavy atom. The van der Waals surface area contributed by atoms with E-state index in [4.69, 9.17) is 8.83 Å². The van der Waals surface area contributed by atoms with E-state index < -0.39 is 0 Å². The minimum absolute atomic E-state index is 0.846. The number of nitrogens with zero attached hydrogens (tertiary/aromatic N) is 2. The predicted molar refractivity (Wildman–Crippen MR) is 319 cm³/mol. The largest absolute Gasteiger partial charge is 0.453 e. The SMILES string of the molecule is Cc1cccc(N(c2cc3c(sc4cc(N(c5cccc(C)c5)c5cccc6c5oc5c(-c7ccccc7)cccc56)c5ccccc5c43)c3ccccc23)c2cccc3c2oc2c(-c4ccccc4)cccc23)c1. The summed E-state index contributed by atoms with van der Waals surface area (Å²) in [4.78, 5) is 4.85. The Balaban J connectivity index is 0.994. The fourth-order valence-corrected chi connectivity index (χ4v) is 13.1. The standard InChI is InChI=1S/C70H46N2O2S/c1-43-19-13-25-47(39-43)71(60-37-17-35-56-54-33-15-31-49(66(54)73-68(56)60)45-21-5-3-6-22-45)62-41-59-65-53-29-11-9-27-51(53)63(42-64(65)75-70(59)58-30-12-10-28-52(58)62)72(48-26-14-20-44(2)40-48)61-38-18-36-57-55-34-16-32-50(67(55)74-69(57)61)46-23-7-4-8-24-46/h3-42H,1-2H3. The highest BCUT2D eigenvalue weighted by atomic mass is 32.1. The van der Waals surface area contributed by atoms with Gasteiger partial charge in [0.1, 0.15) is 11.2 Å². The highest BCUT2D eigenvalue weighted by Crippen LogP contribution is 2.53. The van der Waals surface area contributed by atoms with Gasteiger partial charge in [0.15, 0.2) is 11.2 Å². The number of aryl methyl sites for hydroxylation is 2. The Hall–Kier alpha value is -9.42. The number of thiophene rings is 1. The van der Waals surface area contributed by atoms with Crippen LogP contribution in [0.15, 0.2) is 251 Å². The molecule has 0 N–H and O–H groups in total. The van der Waals surface area contributed by atoms with E-state index >= 15 is 0 Å². The Bertz CT molecular complexity index is 4760. The molecule has 0 aliphatic carbocycles. The number of rotatable bonds is 8. The number of benzene rings is 12. The van der Waals surface area contributed by atoms with Gasteiger partial charge in [-0.1, -0.05) is 194 Å². The maximum Gasteiger partial charge on any atom is 0.159 e. The second-order valence-corrected chi connectivity index (χ2v) is 20.7. The van der Waals surface area contributed by atoms with Crippen LogP contribution in [0.4, 0.5) is 34.1 Å². The van der Waals surface area contributed by atoms with Crippen molar-refractivity contribution in [1.82, 2.24) is 0 Å². The average Bonchev–Trinajstić information content (AvgIpc) is 4.24. The highest BCUT2D eigenvalue weighted by Gasteiger charge is 2.27. The fraction of sp³-hybridized carbons (Fsp3) is 0.0286. The molecule has 75 heavy (non-hydrogen) atoms. The number of hydrogen-bond acceptors (Lipinski definition) is 5. The molecule has 15 aromatic rings. The van der Waals surface area contributed by atoms with Crippen molar-refractivity contribution in [1.29, 1.82) is 0 Å². The van der Waals surface area contributed by atoms with Crippen molar-refractivity contribution in [2.45, 2.75) is 13.8 Å². The molecule has 0 saturated carbocycles. The topological polar surface area (TPSA) is 32.8 Å². The molecule has 0 aliphatic rings. The first-order chi connectivity index (χ1) is 37.0. The first-order valence-corrected chi connectivity index (χ1v) is 26.4. The first-order valence-electron chi connectivity index (χ1n) is 25.6. The summed E-state index contributed by atoms with van der Waals surface area (Å²) >= 11 is 1.87. The van der Waals surface area contributed by atoms with Gasteiger partial charge in [0.25, 0.3) is 0 Å². The minimum atomic E-state index is 0.846. The first kappa shape index (κ1) is 43.2. The van der Waals surface area contributed by atoms with E-state index in [2.05, 4.69) is 266 Å². The zero-order valence-electron chi connectivity index (χ0n) is 41.2. The molecular weight excluding hydrogens is 933 g/mol. The van der Waals surface area contributed by atoms with Crippen molar-refractivity contribution in [3.05, 3.63) is 254 Å². The van der Waals surface area contributed by atoms with Gasteiger partial charge in [-0.25, -0.2) is 0 Å². The van der Waals surface area contributed by atoms with Crippen LogP contribution in [-0.4, -0.2) is 0 Å². The summed E-state index contributed by atoms with van der Waals surface area (Å²) in [5.41, 5.74) is 16.5. The number of anilines is 6. The molecule has 354 valence electrons. The van der Waals surface area contributed by atoms with Crippen LogP contribution >= 0.6 is 11.3 Å². The maximum absolute atomic E-state index is 7.17. The molecule has 0 spiro atoms. The summed E-state index contributed by atoms with van der Waals surface area (Å²) in [6.07, 6.45) is 0. The van der Waals surface area contributed by atoms with Crippen molar-refractivity contribution < 1.29 is 8.83 Å². The summed E-state index contributed by atoms with van der Waals surface area (Å²) in [6, 6.07) is 87.7. The zero-order chi connectivity index (χ0) is 49.7. The van der Waals surface area contributed by atoms with Crippen LogP contribution in [0.3, 0.4) is 0 Å². The predicted octanol–water partition coefficient (Wildman–Crippen LogP) is 21.1. The van der Waals surface area contributed by atoms with E-state index in [-0.39, 0.29) is 0 Å². The monoisotopic (exact) mass is 978 g/mol. The van der Waals surface area contributed by atoms with Crippen molar-refractivity contribution in [2.24, 2.45) is 0 Å². The normalized spacial score (nSPS) is 11.9. The van der Waals surface area contributed by atoms with Gasteiger partial charge in [0.2, 0.25) is 0 Å². The molecule has 0 bridgehead atoms. The lowest BCUT2D eigenvalue weighted by Gasteiger charge is -2.28. The third-order valence-electron chi connectivity index (χ3n) is 15.1. The molecule has 5 heteroatoms. The second-order valence-electron chi connectivity index (χ2n) is 19.7. The van der Waals surface area contributed by atoms with Crippen LogP contribution in [0.25, 0.3) is 108 Å². The van der Waals surface area contributed by atoms with Crippen LogP contribution in [0, 0.1) is 13.8 Å². The number of fused-ring (bicyclic) bond motifs is 13. The van der Waals surface area contributed by atoms with Crippen molar-refractivity contribution in [3.63, 3.8) is 0 Å². The third kappa shape index (κ3) is 6.82. The van der Waals surface area contributed by atoms with Crippen molar-refractivity contribution in [3.8, 4) is 22.3 Å². The lowest BCUT2D eigenvalue weighted by Crippen LogP contribution is -2.11. The van der Waals surface area contributed by atoms with Crippen LogP contribution in [-0.2, 0) is 0 Å². The van der Waals surface area contributed by atoms with E-state index in [0.29, 0.717) is 0 Å². The summed E-state index contributed by atoms with van der Waals surface area (Å²) in [6.45, 7) is 4.34. The Morgan fingerprint density at radius 2 is 0.720 bits per heavy atom. The lowest BCUT2D eigenvalue weighted by molar-refractivity contribution is 0.670. The number of para-hydroxylation sites is 4. The van der Waals surface area contributed by atoms with Gasteiger partial charge in [0, 0.05) is 80.4 Å². The molecule has 0 saturated heterocycles. The molecular formula is C70H46N2O2S. The van der Waals surface area contributed by atoms with E-state index in [9.17, 15) is 0 Å². The van der Waals surface area contributed by atoms with E-state index in [1.807, 2.05) is 11.3 Å². The molecule has 12 aromatic carbocycles. The van der Waals surface area contributed by atoms with Crippen molar-refractivity contribution >= 4 is 131 Å². The highest BCUT2D eigenvalue weighted by molar-refractivity contribution is 7.27. The van der Waals surface area contributed by atoms with Crippen molar-refractivity contribution in [2.75, 3.05) is 9.80 Å². The number of hydrogen-bond donors (Lipinski definition) is 0. The van der Waals surface area contributed by atoms with Gasteiger partial charge in [-0.15, -0.1) is 11.3 Å². The molecule has 0 fully saturated rings. The smallest absolute Gasteiger partial charge is 0.159 e. The molecule has 15 rings (SSSR count). The molecule has 0 radical (unpaired) electrons. The molecule has 4 nitrogen and oxygen atoms in total. The van der Waals surface area contributed by atoms with Crippen LogP contribution in [0.1, 0.15) is 11.1 Å². The lowest BCUT2D eigenvalue weighted by atomic mass is 9.97. The van der Waals surface area contributed by atoms with Crippen LogP contribution < -0.4 is 9.80 Å². The Kier molecular flexibility index (Phi) is 9.84. The molecule has 3 aromatic heterocycles. The van der Waals surface area contributed by atoms with Gasteiger partial charge in [-0.05, 0) is 90.0 Å². The number of furan rings is 2. The van der Waals surface area contributed by atoms with E-state index in [0.717, 1.165) is 111 Å². The molecule has 0 amide bonds. The molecule has 0 unspecified atom stereocenters. The van der Waals surface area contributed by atoms with Gasteiger partial charge >= 0.3 is 0 Å². The summed E-state index contributed by atoms with van der Waals surface area (Å²) < 4.78 is 16.8. The average molecular weight is 979 g/mol. The van der Waals surface area contributed by atoms with E-state index in [1.54, 1.807) is 0 Å². The van der Waals surface area contributed by atoms with Crippen LogP contribution in [0.5, 0.6) is 0 Å². The molecule has 3 heterocycles. The van der Waals surface area contributed by atoms with Gasteiger partial charge in [0.05, 0.1) is 22.7 Å². The van der Waals surface area contributed by atoms with Gasteiger partial charge in [-0.3, -0.25) is 0 Å². The quantitative estimate of drug-likeness (QED) is 0.152. The minimum Gasteiger partial charge on any atom is -0.453 e. The Labute approximate surface area is 437 Å². The second kappa shape index (κ2) is 17.1. The zero-order valence-corrected chi connectivity index (χ0v) is 42.0. The third-order valence-corrected chi connectivity index (χ3v) is 16.3. The van der Waals surface area contributed by atoms with Gasteiger partial charge in [-0.2, -0.15) is 0 Å². The molecule has 0 atom stereocenters. The van der Waals surface area contributed by atoms with Crippen LogP contribution in [0.2, 0.25) is 0 Å². The summed E-state index contributed by atoms with van der Waals surface area (Å²) in [5, 5.41) is 11.5. The Morgan fingerprint density at radius 3 is 1.24 bits per heavy atom. The summed E-state index contributed by atoms with van der Waals surface area (Å²) in [5.74, 6) is 0. The molecule has 0 aliphatic heterocycles. The fourth-order valence-electron chi connectivity index (χ4n) is 11.8. The van der Waals surface area contributed by atoms with E-state index in [1.165, 1.54) is 42.1 Å².